The van der Waals surface area contributed by atoms with Crippen molar-refractivity contribution in [1.82, 2.24) is 4.98 Å². The van der Waals surface area contributed by atoms with E-state index in [1.165, 1.54) is 49.2 Å². The van der Waals surface area contributed by atoms with Crippen molar-refractivity contribution >= 4 is 23.1 Å². The van der Waals surface area contributed by atoms with Crippen LogP contribution >= 0.6 is 23.1 Å². The molecule has 1 aromatic rings. The van der Waals surface area contributed by atoms with Crippen molar-refractivity contribution in [3.63, 3.8) is 0 Å². The summed E-state index contributed by atoms with van der Waals surface area (Å²) in [5, 5.41) is 4.56. The lowest BCUT2D eigenvalue weighted by Gasteiger charge is -2.05. The molecule has 0 unspecified atom stereocenters. The lowest BCUT2D eigenvalue weighted by atomic mass is 10.3. The van der Waals surface area contributed by atoms with Gasteiger partial charge in [0.1, 0.15) is 5.01 Å². The van der Waals surface area contributed by atoms with E-state index < -0.39 is 0 Å². The molecular formula is C12H17NS2. The number of nitrogens with zero attached hydrogens (tertiary/aromatic N) is 1. The summed E-state index contributed by atoms with van der Waals surface area (Å²) in [6.45, 7) is 0. The quantitative estimate of drug-likeness (QED) is 0.781. The summed E-state index contributed by atoms with van der Waals surface area (Å²) in [6, 6.07) is 0. The highest BCUT2D eigenvalue weighted by Crippen LogP contribution is 2.41. The van der Waals surface area contributed by atoms with Crippen LogP contribution in [0.5, 0.6) is 0 Å². The Hall–Kier alpha value is -0.0200. The van der Waals surface area contributed by atoms with E-state index in [1.54, 1.807) is 0 Å². The molecular weight excluding hydrogens is 222 g/mol. The van der Waals surface area contributed by atoms with Crippen molar-refractivity contribution in [3.8, 4) is 0 Å². The van der Waals surface area contributed by atoms with E-state index in [2.05, 4.69) is 17.1 Å². The van der Waals surface area contributed by atoms with Gasteiger partial charge in [-0.2, -0.15) is 11.8 Å². The topological polar surface area (TPSA) is 12.9 Å². The SMILES string of the molecule is c1sc(CSC2CCCC2)nc1C1CC1. The third-order valence-corrected chi connectivity index (χ3v) is 5.74. The Morgan fingerprint density at radius 2 is 2.07 bits per heavy atom. The first kappa shape index (κ1) is 10.2. The van der Waals surface area contributed by atoms with Crippen LogP contribution in [0.3, 0.4) is 0 Å². The van der Waals surface area contributed by atoms with E-state index in [0.29, 0.717) is 0 Å². The highest BCUT2D eigenvalue weighted by Gasteiger charge is 2.26. The standard InChI is InChI=1S/C12H17NS2/c1-2-4-10(3-1)14-8-12-13-11(7-15-12)9-5-6-9/h7,9-10H,1-6,8H2. The lowest BCUT2D eigenvalue weighted by Crippen LogP contribution is -1.94. The van der Waals surface area contributed by atoms with Crippen molar-refractivity contribution in [2.24, 2.45) is 0 Å². The zero-order valence-corrected chi connectivity index (χ0v) is 10.6. The van der Waals surface area contributed by atoms with E-state index in [1.807, 2.05) is 11.3 Å². The summed E-state index contributed by atoms with van der Waals surface area (Å²) in [5.41, 5.74) is 1.38. The van der Waals surface area contributed by atoms with Gasteiger partial charge in [0.25, 0.3) is 0 Å². The molecule has 2 saturated carbocycles. The molecule has 15 heavy (non-hydrogen) atoms. The molecule has 0 N–H and O–H groups in total. The molecule has 2 fully saturated rings. The van der Waals surface area contributed by atoms with E-state index in [-0.39, 0.29) is 0 Å². The summed E-state index contributed by atoms with van der Waals surface area (Å²) >= 11 is 4.00. The number of thiazole rings is 1. The summed E-state index contributed by atoms with van der Waals surface area (Å²) < 4.78 is 0. The van der Waals surface area contributed by atoms with Crippen molar-refractivity contribution in [3.05, 3.63) is 16.1 Å². The second-order valence-electron chi connectivity index (χ2n) is 4.66. The number of aromatic nitrogens is 1. The van der Waals surface area contributed by atoms with E-state index in [0.717, 1.165) is 16.9 Å². The molecule has 0 aromatic carbocycles. The zero-order chi connectivity index (χ0) is 10.1. The molecule has 3 heteroatoms. The fourth-order valence-electron chi connectivity index (χ4n) is 2.20. The maximum atomic E-state index is 4.73. The second kappa shape index (κ2) is 4.46. The average Bonchev–Trinajstić information content (AvgIpc) is 2.82. The Kier molecular flexibility index (Phi) is 3.02. The van der Waals surface area contributed by atoms with Crippen molar-refractivity contribution in [2.45, 2.75) is 55.4 Å². The Bertz CT molecular complexity index is 324. The molecule has 0 spiro atoms. The van der Waals surface area contributed by atoms with Gasteiger partial charge in [0, 0.05) is 22.3 Å². The van der Waals surface area contributed by atoms with Crippen LogP contribution in [0.25, 0.3) is 0 Å². The monoisotopic (exact) mass is 239 g/mol. The first-order chi connectivity index (χ1) is 7.42. The molecule has 2 aliphatic rings. The van der Waals surface area contributed by atoms with Crippen LogP contribution in [0.2, 0.25) is 0 Å². The predicted octanol–water partition coefficient (Wildman–Crippen LogP) is 4.20. The van der Waals surface area contributed by atoms with Gasteiger partial charge in [-0.05, 0) is 25.7 Å². The Morgan fingerprint density at radius 3 is 2.80 bits per heavy atom. The van der Waals surface area contributed by atoms with Crippen LogP contribution in [0.15, 0.2) is 5.38 Å². The second-order valence-corrected chi connectivity index (χ2v) is 6.89. The normalized spacial score (nSPS) is 22.4. The van der Waals surface area contributed by atoms with Gasteiger partial charge in [0.2, 0.25) is 0 Å². The minimum Gasteiger partial charge on any atom is -0.245 e. The number of rotatable bonds is 4. The summed E-state index contributed by atoms with van der Waals surface area (Å²) in [7, 11) is 0. The molecule has 0 bridgehead atoms. The van der Waals surface area contributed by atoms with Crippen LogP contribution in [-0.2, 0) is 5.75 Å². The van der Waals surface area contributed by atoms with Crippen LogP contribution in [0, 0.1) is 0 Å². The third kappa shape index (κ3) is 2.56. The van der Waals surface area contributed by atoms with Crippen molar-refractivity contribution < 1.29 is 0 Å². The van der Waals surface area contributed by atoms with E-state index >= 15 is 0 Å². The molecule has 1 aromatic heterocycles. The summed E-state index contributed by atoms with van der Waals surface area (Å²) in [6.07, 6.45) is 8.51. The van der Waals surface area contributed by atoms with Crippen LogP contribution in [0.4, 0.5) is 0 Å². The Balaban J connectivity index is 1.52. The lowest BCUT2D eigenvalue weighted by molar-refractivity contribution is 0.886. The molecule has 0 atom stereocenters. The van der Waals surface area contributed by atoms with Crippen molar-refractivity contribution in [1.29, 1.82) is 0 Å². The molecule has 1 nitrogen and oxygen atoms in total. The van der Waals surface area contributed by atoms with Crippen LogP contribution < -0.4 is 0 Å². The highest BCUT2D eigenvalue weighted by molar-refractivity contribution is 7.99. The predicted molar refractivity (Wildman–Crippen MR) is 67.6 cm³/mol. The maximum absolute atomic E-state index is 4.73. The fourth-order valence-corrected chi connectivity index (χ4v) is 4.45. The fraction of sp³-hybridized carbons (Fsp3) is 0.750. The number of hydrogen-bond acceptors (Lipinski definition) is 3. The first-order valence-corrected chi connectivity index (χ1v) is 7.90. The highest BCUT2D eigenvalue weighted by atomic mass is 32.2. The van der Waals surface area contributed by atoms with Gasteiger partial charge < -0.3 is 0 Å². The zero-order valence-electron chi connectivity index (χ0n) is 8.95. The molecule has 82 valence electrons. The third-order valence-electron chi connectivity index (χ3n) is 3.31. The van der Waals surface area contributed by atoms with Crippen molar-refractivity contribution in [2.75, 3.05) is 0 Å². The molecule has 0 radical (unpaired) electrons. The van der Waals surface area contributed by atoms with E-state index in [9.17, 15) is 0 Å². The van der Waals surface area contributed by atoms with Gasteiger partial charge in [-0.3, -0.25) is 0 Å². The van der Waals surface area contributed by atoms with Gasteiger partial charge in [-0.25, -0.2) is 4.98 Å². The summed E-state index contributed by atoms with van der Waals surface area (Å²) in [4.78, 5) is 4.73. The average molecular weight is 239 g/mol. The van der Waals surface area contributed by atoms with Gasteiger partial charge in [-0.15, -0.1) is 11.3 Å². The Morgan fingerprint density at radius 1 is 1.27 bits per heavy atom. The Labute approximate surface area is 99.7 Å². The van der Waals surface area contributed by atoms with Crippen LogP contribution in [-0.4, -0.2) is 10.2 Å². The largest absolute Gasteiger partial charge is 0.245 e. The molecule has 0 amide bonds. The number of thioether (sulfide) groups is 1. The van der Waals surface area contributed by atoms with Gasteiger partial charge >= 0.3 is 0 Å². The molecule has 3 rings (SSSR count). The van der Waals surface area contributed by atoms with E-state index in [4.69, 9.17) is 4.98 Å². The minimum absolute atomic E-state index is 0.825. The molecule has 0 aliphatic heterocycles. The number of hydrogen-bond donors (Lipinski definition) is 0. The molecule has 0 saturated heterocycles. The smallest absolute Gasteiger partial charge is 0.103 e. The molecule has 1 heterocycles. The van der Waals surface area contributed by atoms with Gasteiger partial charge in [0.15, 0.2) is 0 Å². The first-order valence-electron chi connectivity index (χ1n) is 5.98. The van der Waals surface area contributed by atoms with Gasteiger partial charge in [0.05, 0.1) is 5.69 Å². The maximum Gasteiger partial charge on any atom is 0.103 e. The molecule has 2 aliphatic carbocycles. The minimum atomic E-state index is 0.825. The summed E-state index contributed by atoms with van der Waals surface area (Å²) in [5.74, 6) is 1.98. The van der Waals surface area contributed by atoms with Crippen LogP contribution in [0.1, 0.15) is 55.1 Å². The van der Waals surface area contributed by atoms with Gasteiger partial charge in [-0.1, -0.05) is 12.8 Å².